The van der Waals surface area contributed by atoms with Crippen molar-refractivity contribution in [3.05, 3.63) is 53.4 Å². The number of halogens is 1. The number of hydrogen-bond donors (Lipinski definition) is 1. The van der Waals surface area contributed by atoms with Crippen molar-refractivity contribution in [2.45, 2.75) is 32.1 Å². The Morgan fingerprint density at radius 1 is 1.45 bits per heavy atom. The molecule has 0 unspecified atom stereocenters. The van der Waals surface area contributed by atoms with Crippen LogP contribution in [0.2, 0.25) is 0 Å². The topological polar surface area (TPSA) is 49.0 Å². The zero-order valence-corrected chi connectivity index (χ0v) is 12.7. The Kier molecular flexibility index (Phi) is 4.22. The van der Waals surface area contributed by atoms with Gasteiger partial charge in [0, 0.05) is 37.3 Å². The molecule has 5 heteroatoms. The standard InChI is InChI=1S/C17H20FN3O/c1-12-10-19-17(20-12)14-8-9-21(11-14)16(22)7-6-13-4-2-3-5-15(13)18/h2-5,10,14H,6-9,11H2,1H3,(H,19,20)/t14-/m1/s1. The van der Waals surface area contributed by atoms with E-state index >= 15 is 0 Å². The number of benzene rings is 1. The van der Waals surface area contributed by atoms with E-state index in [-0.39, 0.29) is 17.6 Å². The van der Waals surface area contributed by atoms with Crippen LogP contribution in [0.5, 0.6) is 0 Å². The predicted molar refractivity (Wildman–Crippen MR) is 82.0 cm³/mol. The quantitative estimate of drug-likeness (QED) is 0.944. The van der Waals surface area contributed by atoms with Crippen LogP contribution in [0.4, 0.5) is 4.39 Å². The Morgan fingerprint density at radius 3 is 3.00 bits per heavy atom. The highest BCUT2D eigenvalue weighted by molar-refractivity contribution is 5.76. The average molecular weight is 301 g/mol. The number of carbonyl (C=O) groups is 1. The van der Waals surface area contributed by atoms with Gasteiger partial charge in [-0.15, -0.1) is 0 Å². The summed E-state index contributed by atoms with van der Waals surface area (Å²) < 4.78 is 13.6. The summed E-state index contributed by atoms with van der Waals surface area (Å²) in [5.74, 6) is 1.10. The minimum absolute atomic E-state index is 0.0917. The lowest BCUT2D eigenvalue weighted by atomic mass is 10.1. The fourth-order valence-electron chi connectivity index (χ4n) is 2.95. The van der Waals surface area contributed by atoms with Crippen LogP contribution in [0.15, 0.2) is 30.5 Å². The molecule has 116 valence electrons. The van der Waals surface area contributed by atoms with Crippen molar-refractivity contribution in [1.82, 2.24) is 14.9 Å². The fourth-order valence-corrected chi connectivity index (χ4v) is 2.95. The number of rotatable bonds is 4. The van der Waals surface area contributed by atoms with Crippen molar-refractivity contribution < 1.29 is 9.18 Å². The monoisotopic (exact) mass is 301 g/mol. The van der Waals surface area contributed by atoms with Gasteiger partial charge in [-0.3, -0.25) is 4.79 Å². The van der Waals surface area contributed by atoms with Gasteiger partial charge in [0.05, 0.1) is 0 Å². The van der Waals surface area contributed by atoms with Crippen LogP contribution in [0.1, 0.15) is 35.8 Å². The largest absolute Gasteiger partial charge is 0.346 e. The van der Waals surface area contributed by atoms with Crippen LogP contribution in [0, 0.1) is 12.7 Å². The molecule has 1 aromatic carbocycles. The molecule has 1 atom stereocenters. The van der Waals surface area contributed by atoms with Crippen LogP contribution in [0.25, 0.3) is 0 Å². The van der Waals surface area contributed by atoms with Crippen molar-refractivity contribution in [3.63, 3.8) is 0 Å². The van der Waals surface area contributed by atoms with Gasteiger partial charge in [0.15, 0.2) is 0 Å². The molecule has 3 rings (SSSR count). The summed E-state index contributed by atoms with van der Waals surface area (Å²) in [6.45, 7) is 3.42. The summed E-state index contributed by atoms with van der Waals surface area (Å²) in [5.41, 5.74) is 1.65. The fraction of sp³-hybridized carbons (Fsp3) is 0.412. The second-order valence-corrected chi connectivity index (χ2v) is 5.87. The summed E-state index contributed by atoms with van der Waals surface area (Å²) in [5, 5.41) is 0. The highest BCUT2D eigenvalue weighted by Crippen LogP contribution is 2.25. The van der Waals surface area contributed by atoms with Gasteiger partial charge < -0.3 is 9.88 Å². The van der Waals surface area contributed by atoms with E-state index in [4.69, 9.17) is 0 Å². The molecule has 1 amide bonds. The normalized spacial score (nSPS) is 17.9. The number of aromatic amines is 1. The Balaban J connectivity index is 1.54. The second-order valence-electron chi connectivity index (χ2n) is 5.87. The van der Waals surface area contributed by atoms with E-state index in [9.17, 15) is 9.18 Å². The zero-order chi connectivity index (χ0) is 15.5. The van der Waals surface area contributed by atoms with Crippen LogP contribution in [0.3, 0.4) is 0 Å². The number of imidazole rings is 1. The van der Waals surface area contributed by atoms with Gasteiger partial charge in [0.2, 0.25) is 5.91 Å². The second kappa shape index (κ2) is 6.30. The van der Waals surface area contributed by atoms with Gasteiger partial charge in [-0.2, -0.15) is 0 Å². The van der Waals surface area contributed by atoms with Crippen molar-refractivity contribution in [2.24, 2.45) is 0 Å². The Bertz CT molecular complexity index is 667. The Hall–Kier alpha value is -2.17. The minimum atomic E-state index is -0.236. The molecule has 4 nitrogen and oxygen atoms in total. The average Bonchev–Trinajstić information content (AvgIpc) is 3.15. The number of carbonyl (C=O) groups excluding carboxylic acids is 1. The van der Waals surface area contributed by atoms with Gasteiger partial charge in [0.25, 0.3) is 0 Å². The molecule has 1 aliphatic heterocycles. The lowest BCUT2D eigenvalue weighted by molar-refractivity contribution is -0.130. The molecule has 0 aliphatic carbocycles. The molecule has 1 N–H and O–H groups in total. The predicted octanol–water partition coefficient (Wildman–Crippen LogP) is 2.81. The molecule has 0 spiro atoms. The molecule has 1 saturated heterocycles. The molecule has 1 aliphatic rings. The van der Waals surface area contributed by atoms with Gasteiger partial charge in [0.1, 0.15) is 11.6 Å². The number of amides is 1. The summed E-state index contributed by atoms with van der Waals surface area (Å²) in [7, 11) is 0. The summed E-state index contributed by atoms with van der Waals surface area (Å²) in [6.07, 6.45) is 3.55. The van der Waals surface area contributed by atoms with Crippen molar-refractivity contribution in [3.8, 4) is 0 Å². The van der Waals surface area contributed by atoms with Crippen molar-refractivity contribution in [2.75, 3.05) is 13.1 Å². The highest BCUT2D eigenvalue weighted by Gasteiger charge is 2.28. The van der Waals surface area contributed by atoms with Gasteiger partial charge in [-0.25, -0.2) is 9.37 Å². The van der Waals surface area contributed by atoms with E-state index < -0.39 is 0 Å². The van der Waals surface area contributed by atoms with E-state index in [0.717, 1.165) is 24.5 Å². The van der Waals surface area contributed by atoms with E-state index in [0.29, 0.717) is 24.9 Å². The van der Waals surface area contributed by atoms with Gasteiger partial charge >= 0.3 is 0 Å². The van der Waals surface area contributed by atoms with E-state index in [1.165, 1.54) is 6.07 Å². The first-order chi connectivity index (χ1) is 10.6. The number of nitrogens with zero attached hydrogens (tertiary/aromatic N) is 2. The highest BCUT2D eigenvalue weighted by atomic mass is 19.1. The summed E-state index contributed by atoms with van der Waals surface area (Å²) in [6, 6.07) is 6.64. The van der Waals surface area contributed by atoms with Crippen LogP contribution >= 0.6 is 0 Å². The minimum Gasteiger partial charge on any atom is -0.346 e. The molecule has 1 fully saturated rings. The van der Waals surface area contributed by atoms with Crippen LogP contribution in [-0.2, 0) is 11.2 Å². The van der Waals surface area contributed by atoms with Crippen LogP contribution in [-0.4, -0.2) is 33.9 Å². The molecule has 0 bridgehead atoms. The zero-order valence-electron chi connectivity index (χ0n) is 12.7. The molecule has 2 heterocycles. The maximum absolute atomic E-state index is 13.6. The Labute approximate surface area is 129 Å². The van der Waals surface area contributed by atoms with E-state index in [1.54, 1.807) is 18.2 Å². The molecule has 0 radical (unpaired) electrons. The third-order valence-corrected chi connectivity index (χ3v) is 4.22. The maximum Gasteiger partial charge on any atom is 0.222 e. The summed E-state index contributed by atoms with van der Waals surface area (Å²) >= 11 is 0. The third-order valence-electron chi connectivity index (χ3n) is 4.22. The van der Waals surface area contributed by atoms with Crippen molar-refractivity contribution in [1.29, 1.82) is 0 Å². The first-order valence-electron chi connectivity index (χ1n) is 7.66. The number of likely N-dealkylation sites (tertiary alicyclic amines) is 1. The van der Waals surface area contributed by atoms with E-state index in [1.807, 2.05) is 18.0 Å². The third kappa shape index (κ3) is 3.18. The Morgan fingerprint density at radius 2 is 2.27 bits per heavy atom. The number of H-pyrrole nitrogens is 1. The summed E-state index contributed by atoms with van der Waals surface area (Å²) in [4.78, 5) is 21.7. The molecule has 1 aromatic heterocycles. The number of nitrogens with one attached hydrogen (secondary N) is 1. The van der Waals surface area contributed by atoms with Crippen molar-refractivity contribution >= 4 is 5.91 Å². The molecular formula is C17H20FN3O. The van der Waals surface area contributed by atoms with Crippen LogP contribution < -0.4 is 0 Å². The first-order valence-corrected chi connectivity index (χ1v) is 7.66. The molecule has 0 saturated carbocycles. The van der Waals surface area contributed by atoms with Gasteiger partial charge in [-0.1, -0.05) is 18.2 Å². The lowest BCUT2D eigenvalue weighted by Gasteiger charge is -2.16. The lowest BCUT2D eigenvalue weighted by Crippen LogP contribution is -2.28. The first kappa shape index (κ1) is 14.8. The molecule has 22 heavy (non-hydrogen) atoms. The smallest absolute Gasteiger partial charge is 0.222 e. The number of aryl methyl sites for hydroxylation is 2. The molecule has 2 aromatic rings. The van der Waals surface area contributed by atoms with Gasteiger partial charge in [-0.05, 0) is 31.4 Å². The van der Waals surface area contributed by atoms with E-state index in [2.05, 4.69) is 9.97 Å². The maximum atomic E-state index is 13.6. The number of hydrogen-bond acceptors (Lipinski definition) is 2. The SMILES string of the molecule is Cc1cnc([C@@H]2CCN(C(=O)CCc3ccccc3F)C2)[nH]1. The molecular weight excluding hydrogens is 281 g/mol. The number of aromatic nitrogens is 2.